The maximum atomic E-state index is 11.9. The molecule has 9 heteroatoms. The van der Waals surface area contributed by atoms with Crippen LogP contribution < -0.4 is 16.1 Å². The Balaban J connectivity index is 1.45. The molecule has 0 aliphatic heterocycles. The molecule has 30 heavy (non-hydrogen) atoms. The van der Waals surface area contributed by atoms with Crippen molar-refractivity contribution in [2.45, 2.75) is 6.54 Å². The number of nitrogens with zero attached hydrogens (tertiary/aromatic N) is 1. The molecular weight excluding hydrogens is 408 g/mol. The van der Waals surface area contributed by atoms with Crippen molar-refractivity contribution in [3.8, 4) is 0 Å². The molecule has 3 amide bonds. The lowest BCUT2D eigenvalue weighted by molar-refractivity contribution is -0.136. The van der Waals surface area contributed by atoms with Crippen LogP contribution in [0, 0.1) is 0 Å². The summed E-state index contributed by atoms with van der Waals surface area (Å²) < 4.78 is 5.47. The van der Waals surface area contributed by atoms with Crippen molar-refractivity contribution in [1.82, 2.24) is 10.7 Å². The van der Waals surface area contributed by atoms with Crippen molar-refractivity contribution in [2.24, 2.45) is 5.10 Å². The highest BCUT2D eigenvalue weighted by atomic mass is 35.5. The van der Waals surface area contributed by atoms with Gasteiger partial charge in [-0.3, -0.25) is 14.4 Å². The first-order chi connectivity index (χ1) is 14.5. The number of carbonyl (C=O) groups is 3. The molecular formula is C21H17ClN4O4. The van der Waals surface area contributed by atoms with E-state index >= 15 is 0 Å². The highest BCUT2D eigenvalue weighted by Crippen LogP contribution is 2.09. The molecule has 0 saturated heterocycles. The van der Waals surface area contributed by atoms with Crippen LogP contribution in [0.4, 0.5) is 5.69 Å². The monoisotopic (exact) mass is 424 g/mol. The summed E-state index contributed by atoms with van der Waals surface area (Å²) in [6.45, 7) is 0.0199. The average molecular weight is 425 g/mol. The molecule has 0 unspecified atom stereocenters. The number of amides is 3. The Bertz CT molecular complexity index is 1060. The standard InChI is InChI=1S/C21H17ClN4O4/c22-15-8-6-14(7-9-15)19(27)26-24-13-18-11-10-17(30-18)12-23-20(28)21(29)25-16-4-2-1-3-5-16/h1-11,13H,12H2,(H,23,28)(H,25,29)(H,26,27)/b24-13-. The van der Waals surface area contributed by atoms with E-state index in [4.69, 9.17) is 16.0 Å². The Morgan fingerprint density at radius 1 is 0.933 bits per heavy atom. The Morgan fingerprint density at radius 2 is 1.67 bits per heavy atom. The second kappa shape index (κ2) is 10.0. The van der Waals surface area contributed by atoms with Gasteiger partial charge >= 0.3 is 11.8 Å². The van der Waals surface area contributed by atoms with E-state index in [1.165, 1.54) is 6.21 Å². The molecule has 1 heterocycles. The van der Waals surface area contributed by atoms with Gasteiger partial charge in [-0.05, 0) is 48.5 Å². The van der Waals surface area contributed by atoms with Crippen LogP contribution in [-0.4, -0.2) is 23.9 Å². The maximum Gasteiger partial charge on any atom is 0.313 e. The first-order valence-electron chi connectivity index (χ1n) is 8.83. The van der Waals surface area contributed by atoms with E-state index in [-0.39, 0.29) is 6.54 Å². The lowest BCUT2D eigenvalue weighted by Gasteiger charge is -2.05. The quantitative estimate of drug-likeness (QED) is 0.321. The number of hydrazone groups is 1. The molecule has 152 valence electrons. The summed E-state index contributed by atoms with van der Waals surface area (Å²) in [6.07, 6.45) is 1.32. The van der Waals surface area contributed by atoms with E-state index in [1.54, 1.807) is 66.7 Å². The van der Waals surface area contributed by atoms with Crippen molar-refractivity contribution in [3.05, 3.63) is 88.8 Å². The van der Waals surface area contributed by atoms with E-state index in [0.717, 1.165) is 0 Å². The van der Waals surface area contributed by atoms with E-state index in [1.807, 2.05) is 0 Å². The lowest BCUT2D eigenvalue weighted by atomic mass is 10.2. The minimum atomic E-state index is -0.791. The summed E-state index contributed by atoms with van der Waals surface area (Å²) >= 11 is 5.78. The van der Waals surface area contributed by atoms with Crippen molar-refractivity contribution >= 4 is 41.2 Å². The third kappa shape index (κ3) is 6.05. The number of nitrogens with one attached hydrogen (secondary N) is 3. The summed E-state index contributed by atoms with van der Waals surface area (Å²) in [4.78, 5) is 35.7. The van der Waals surface area contributed by atoms with E-state index < -0.39 is 17.7 Å². The van der Waals surface area contributed by atoms with Crippen LogP contribution in [0.15, 0.2) is 76.2 Å². The van der Waals surface area contributed by atoms with Crippen LogP contribution >= 0.6 is 11.6 Å². The smallest absolute Gasteiger partial charge is 0.313 e. The second-order valence-corrected chi connectivity index (χ2v) is 6.45. The topological polar surface area (TPSA) is 113 Å². The fourth-order valence-corrected chi connectivity index (χ4v) is 2.46. The number of hydrogen-bond donors (Lipinski definition) is 3. The Morgan fingerprint density at radius 3 is 2.40 bits per heavy atom. The summed E-state index contributed by atoms with van der Waals surface area (Å²) in [5.74, 6) is -1.18. The van der Waals surface area contributed by atoms with E-state index in [0.29, 0.717) is 27.8 Å². The number of carbonyl (C=O) groups excluding carboxylic acids is 3. The molecule has 0 fully saturated rings. The van der Waals surface area contributed by atoms with Crippen LogP contribution in [0.25, 0.3) is 0 Å². The number of para-hydroxylation sites is 1. The fraction of sp³-hybridized carbons (Fsp3) is 0.0476. The van der Waals surface area contributed by atoms with Crippen molar-refractivity contribution in [1.29, 1.82) is 0 Å². The van der Waals surface area contributed by atoms with Gasteiger partial charge in [0.1, 0.15) is 11.5 Å². The summed E-state index contributed by atoms with van der Waals surface area (Å²) in [5, 5.41) is 9.30. The van der Waals surface area contributed by atoms with Gasteiger partial charge in [-0.2, -0.15) is 5.10 Å². The number of benzene rings is 2. The SMILES string of the molecule is O=C(NCc1ccc(/C=N\NC(=O)c2ccc(Cl)cc2)o1)C(=O)Nc1ccccc1. The van der Waals surface area contributed by atoms with Gasteiger partial charge in [0.25, 0.3) is 5.91 Å². The Kier molecular flexibility index (Phi) is 6.96. The molecule has 0 spiro atoms. The largest absolute Gasteiger partial charge is 0.458 e. The predicted molar refractivity (Wildman–Crippen MR) is 112 cm³/mol. The summed E-state index contributed by atoms with van der Waals surface area (Å²) in [6, 6.07) is 18.3. The van der Waals surface area contributed by atoms with Crippen LogP contribution in [0.3, 0.4) is 0 Å². The minimum absolute atomic E-state index is 0.0199. The third-order valence-corrected chi connectivity index (χ3v) is 4.06. The zero-order valence-electron chi connectivity index (χ0n) is 15.6. The highest BCUT2D eigenvalue weighted by Gasteiger charge is 2.14. The van der Waals surface area contributed by atoms with E-state index in [2.05, 4.69) is 21.2 Å². The van der Waals surface area contributed by atoms with Crippen LogP contribution in [0.5, 0.6) is 0 Å². The average Bonchev–Trinajstić information content (AvgIpc) is 3.21. The summed E-state index contributed by atoms with van der Waals surface area (Å²) in [7, 11) is 0. The number of halogens is 1. The van der Waals surface area contributed by atoms with Gasteiger partial charge in [0.05, 0.1) is 12.8 Å². The lowest BCUT2D eigenvalue weighted by Crippen LogP contribution is -2.34. The van der Waals surface area contributed by atoms with Gasteiger partial charge in [0, 0.05) is 16.3 Å². The van der Waals surface area contributed by atoms with Gasteiger partial charge in [0.2, 0.25) is 0 Å². The minimum Gasteiger partial charge on any atom is -0.458 e. The van der Waals surface area contributed by atoms with Gasteiger partial charge in [0.15, 0.2) is 0 Å². The Hall–Kier alpha value is -3.91. The maximum absolute atomic E-state index is 11.9. The van der Waals surface area contributed by atoms with Crippen molar-refractivity contribution < 1.29 is 18.8 Å². The van der Waals surface area contributed by atoms with Crippen molar-refractivity contribution in [3.63, 3.8) is 0 Å². The van der Waals surface area contributed by atoms with Crippen molar-refractivity contribution in [2.75, 3.05) is 5.32 Å². The molecule has 0 bridgehead atoms. The molecule has 3 N–H and O–H groups in total. The molecule has 0 atom stereocenters. The first kappa shape index (κ1) is 20.8. The number of furan rings is 1. The van der Waals surface area contributed by atoms with Crippen LogP contribution in [0.2, 0.25) is 5.02 Å². The normalized spacial score (nSPS) is 10.6. The Labute approximate surface area is 176 Å². The highest BCUT2D eigenvalue weighted by molar-refractivity contribution is 6.39. The molecule has 0 aliphatic carbocycles. The third-order valence-electron chi connectivity index (χ3n) is 3.81. The number of anilines is 1. The van der Waals surface area contributed by atoms with Gasteiger partial charge < -0.3 is 15.1 Å². The predicted octanol–water partition coefficient (Wildman–Crippen LogP) is 2.95. The van der Waals surface area contributed by atoms with Gasteiger partial charge in [-0.1, -0.05) is 29.8 Å². The molecule has 0 radical (unpaired) electrons. The molecule has 3 rings (SSSR count). The molecule has 2 aromatic carbocycles. The van der Waals surface area contributed by atoms with Crippen LogP contribution in [-0.2, 0) is 16.1 Å². The number of hydrogen-bond acceptors (Lipinski definition) is 5. The molecule has 1 aromatic heterocycles. The number of rotatable bonds is 6. The van der Waals surface area contributed by atoms with Crippen LogP contribution in [0.1, 0.15) is 21.9 Å². The second-order valence-electron chi connectivity index (χ2n) is 6.01. The first-order valence-corrected chi connectivity index (χ1v) is 9.21. The molecule has 0 aliphatic rings. The van der Waals surface area contributed by atoms with Gasteiger partial charge in [-0.25, -0.2) is 5.43 Å². The zero-order chi connectivity index (χ0) is 21.3. The zero-order valence-corrected chi connectivity index (χ0v) is 16.3. The van der Waals surface area contributed by atoms with Gasteiger partial charge in [-0.15, -0.1) is 0 Å². The molecule has 3 aromatic rings. The molecule has 0 saturated carbocycles. The molecule has 8 nitrogen and oxygen atoms in total. The summed E-state index contributed by atoms with van der Waals surface area (Å²) in [5.41, 5.74) is 3.30. The fourth-order valence-electron chi connectivity index (χ4n) is 2.34. The van der Waals surface area contributed by atoms with E-state index in [9.17, 15) is 14.4 Å².